The van der Waals surface area contributed by atoms with Crippen molar-refractivity contribution in [1.29, 1.82) is 0 Å². The maximum atomic E-state index is 12.5. The molecular weight excluding hydrogens is 239 g/mol. The van der Waals surface area contributed by atoms with Gasteiger partial charge in [0.15, 0.2) is 0 Å². The van der Waals surface area contributed by atoms with Crippen molar-refractivity contribution < 1.29 is 17.9 Å². The third-order valence-corrected chi connectivity index (χ3v) is 3.89. The SMILES string of the molecule is Cc1sc2c(c1C)OCC(C(F)(F)F)NC2. The van der Waals surface area contributed by atoms with Gasteiger partial charge in [0.1, 0.15) is 18.4 Å². The number of nitrogens with one attached hydrogen (secondary N) is 1. The zero-order valence-corrected chi connectivity index (χ0v) is 9.76. The maximum Gasteiger partial charge on any atom is 0.407 e. The molecule has 2 nitrogen and oxygen atoms in total. The number of aryl methyl sites for hydroxylation is 1. The maximum absolute atomic E-state index is 12.5. The highest BCUT2D eigenvalue weighted by Crippen LogP contribution is 2.36. The zero-order chi connectivity index (χ0) is 11.9. The predicted octanol–water partition coefficient (Wildman–Crippen LogP) is 2.78. The van der Waals surface area contributed by atoms with Crippen LogP contribution in [-0.4, -0.2) is 18.8 Å². The van der Waals surface area contributed by atoms with Crippen molar-refractivity contribution in [2.45, 2.75) is 32.6 Å². The first-order valence-electron chi connectivity index (χ1n) is 4.91. The Kier molecular flexibility index (Phi) is 2.88. The molecule has 1 aromatic rings. The average molecular weight is 251 g/mol. The molecule has 0 saturated carbocycles. The molecule has 0 aromatic carbocycles. The highest BCUT2D eigenvalue weighted by Gasteiger charge is 2.41. The van der Waals surface area contributed by atoms with Crippen LogP contribution in [0.25, 0.3) is 0 Å². The second-order valence-corrected chi connectivity index (χ2v) is 5.13. The van der Waals surface area contributed by atoms with E-state index >= 15 is 0 Å². The molecule has 0 radical (unpaired) electrons. The first kappa shape index (κ1) is 11.7. The molecule has 1 unspecified atom stereocenters. The van der Waals surface area contributed by atoms with Gasteiger partial charge in [0.25, 0.3) is 0 Å². The van der Waals surface area contributed by atoms with E-state index in [9.17, 15) is 13.2 Å². The Morgan fingerprint density at radius 1 is 1.38 bits per heavy atom. The molecule has 1 aliphatic rings. The van der Waals surface area contributed by atoms with Crippen LogP contribution in [0.4, 0.5) is 13.2 Å². The first-order valence-corrected chi connectivity index (χ1v) is 5.73. The smallest absolute Gasteiger partial charge is 0.407 e. The molecule has 0 fully saturated rings. The Morgan fingerprint density at radius 3 is 2.69 bits per heavy atom. The summed E-state index contributed by atoms with van der Waals surface area (Å²) in [6.45, 7) is 3.68. The Morgan fingerprint density at radius 2 is 2.06 bits per heavy atom. The molecule has 6 heteroatoms. The lowest BCUT2D eigenvalue weighted by molar-refractivity contribution is -0.161. The van der Waals surface area contributed by atoms with Gasteiger partial charge in [0.2, 0.25) is 0 Å². The fourth-order valence-electron chi connectivity index (χ4n) is 1.63. The van der Waals surface area contributed by atoms with Crippen molar-refractivity contribution in [3.63, 3.8) is 0 Å². The van der Waals surface area contributed by atoms with Crippen molar-refractivity contribution >= 4 is 11.3 Å². The molecule has 2 heterocycles. The number of hydrogen-bond donors (Lipinski definition) is 1. The van der Waals surface area contributed by atoms with E-state index in [1.54, 1.807) is 0 Å². The van der Waals surface area contributed by atoms with Crippen LogP contribution < -0.4 is 10.1 Å². The number of thiophene rings is 1. The van der Waals surface area contributed by atoms with Gasteiger partial charge < -0.3 is 4.74 Å². The van der Waals surface area contributed by atoms with Crippen molar-refractivity contribution in [3.8, 4) is 5.75 Å². The summed E-state index contributed by atoms with van der Waals surface area (Å²) in [6, 6.07) is -1.58. The summed E-state index contributed by atoms with van der Waals surface area (Å²) in [7, 11) is 0. The molecule has 0 aliphatic carbocycles. The number of ether oxygens (including phenoxy) is 1. The number of hydrogen-bond acceptors (Lipinski definition) is 3. The normalized spacial score (nSPS) is 21.2. The third kappa shape index (κ3) is 2.04. The van der Waals surface area contributed by atoms with Crippen LogP contribution in [0.3, 0.4) is 0 Å². The highest BCUT2D eigenvalue weighted by molar-refractivity contribution is 7.12. The van der Waals surface area contributed by atoms with Crippen molar-refractivity contribution in [1.82, 2.24) is 5.32 Å². The standard InChI is InChI=1S/C10H12F3NOS/c1-5-6(2)16-7-3-14-8(10(11,12)13)4-15-9(5)7/h8,14H,3-4H2,1-2H3. The van der Waals surface area contributed by atoms with E-state index in [1.165, 1.54) is 11.3 Å². The fourth-order valence-corrected chi connectivity index (χ4v) is 2.71. The van der Waals surface area contributed by atoms with Gasteiger partial charge in [0.05, 0.1) is 4.88 Å². The van der Waals surface area contributed by atoms with Crippen LogP contribution in [0, 0.1) is 13.8 Å². The minimum absolute atomic E-state index is 0.221. The number of halogens is 3. The molecule has 2 rings (SSSR count). The number of alkyl halides is 3. The van der Waals surface area contributed by atoms with Gasteiger partial charge >= 0.3 is 6.18 Å². The van der Waals surface area contributed by atoms with Crippen LogP contribution >= 0.6 is 11.3 Å². The molecule has 1 atom stereocenters. The molecule has 16 heavy (non-hydrogen) atoms. The van der Waals surface area contributed by atoms with E-state index in [0.717, 1.165) is 15.3 Å². The van der Waals surface area contributed by atoms with Crippen LogP contribution in [0.2, 0.25) is 0 Å². The molecule has 0 bridgehead atoms. The summed E-state index contributed by atoms with van der Waals surface area (Å²) < 4.78 is 42.7. The second kappa shape index (κ2) is 3.92. The van der Waals surface area contributed by atoms with Gasteiger partial charge in [-0.05, 0) is 13.8 Å². The van der Waals surface area contributed by atoms with Crippen LogP contribution in [0.15, 0.2) is 0 Å². The van der Waals surface area contributed by atoms with Crippen molar-refractivity contribution in [3.05, 3.63) is 15.3 Å². The Balaban J connectivity index is 2.21. The summed E-state index contributed by atoms with van der Waals surface area (Å²) in [5.41, 5.74) is 0.949. The lowest BCUT2D eigenvalue weighted by atomic mass is 10.2. The summed E-state index contributed by atoms with van der Waals surface area (Å²) in [6.07, 6.45) is -4.25. The average Bonchev–Trinajstić information content (AvgIpc) is 2.39. The lowest BCUT2D eigenvalue weighted by Crippen LogP contribution is -2.44. The van der Waals surface area contributed by atoms with Crippen molar-refractivity contribution in [2.24, 2.45) is 0 Å². The van der Waals surface area contributed by atoms with Crippen LogP contribution in [-0.2, 0) is 6.54 Å². The molecule has 1 aromatic heterocycles. The summed E-state index contributed by atoms with van der Waals surface area (Å²) in [5, 5.41) is 2.48. The van der Waals surface area contributed by atoms with Gasteiger partial charge in [-0.1, -0.05) is 0 Å². The van der Waals surface area contributed by atoms with E-state index < -0.39 is 12.2 Å². The van der Waals surface area contributed by atoms with E-state index in [1.807, 2.05) is 13.8 Å². The minimum Gasteiger partial charge on any atom is -0.490 e. The third-order valence-electron chi connectivity index (χ3n) is 2.70. The van der Waals surface area contributed by atoms with Gasteiger partial charge in [-0.15, -0.1) is 11.3 Å². The van der Waals surface area contributed by atoms with Crippen LogP contribution in [0.1, 0.15) is 15.3 Å². The largest absolute Gasteiger partial charge is 0.490 e. The molecule has 0 amide bonds. The van der Waals surface area contributed by atoms with E-state index in [2.05, 4.69) is 5.32 Å². The summed E-state index contributed by atoms with van der Waals surface area (Å²) in [4.78, 5) is 1.94. The van der Waals surface area contributed by atoms with Crippen molar-refractivity contribution in [2.75, 3.05) is 6.61 Å². The van der Waals surface area contributed by atoms with Gasteiger partial charge in [-0.25, -0.2) is 0 Å². The Hall–Kier alpha value is -0.750. The van der Waals surface area contributed by atoms with E-state index in [4.69, 9.17) is 4.74 Å². The van der Waals surface area contributed by atoms with E-state index in [0.29, 0.717) is 5.75 Å². The minimum atomic E-state index is -4.25. The molecule has 0 saturated heterocycles. The fraction of sp³-hybridized carbons (Fsp3) is 0.600. The summed E-state index contributed by atoms with van der Waals surface area (Å²) >= 11 is 1.49. The monoisotopic (exact) mass is 251 g/mol. The Bertz CT molecular complexity index is 400. The quantitative estimate of drug-likeness (QED) is 0.765. The van der Waals surface area contributed by atoms with Gasteiger partial charge in [-0.3, -0.25) is 5.32 Å². The number of fused-ring (bicyclic) bond motifs is 1. The van der Waals surface area contributed by atoms with E-state index in [-0.39, 0.29) is 13.2 Å². The number of rotatable bonds is 0. The summed E-state index contributed by atoms with van der Waals surface area (Å²) in [5.74, 6) is 0.627. The molecule has 1 N–H and O–H groups in total. The van der Waals surface area contributed by atoms with Gasteiger partial charge in [-0.2, -0.15) is 13.2 Å². The first-order chi connectivity index (χ1) is 7.39. The van der Waals surface area contributed by atoms with Gasteiger partial charge in [0, 0.05) is 17.0 Å². The lowest BCUT2D eigenvalue weighted by Gasteiger charge is -2.18. The molecular formula is C10H12F3NOS. The molecule has 1 aliphatic heterocycles. The second-order valence-electron chi connectivity index (χ2n) is 3.82. The molecule has 0 spiro atoms. The zero-order valence-electron chi connectivity index (χ0n) is 8.94. The van der Waals surface area contributed by atoms with Crippen LogP contribution in [0.5, 0.6) is 5.75 Å². The topological polar surface area (TPSA) is 21.3 Å². The highest BCUT2D eigenvalue weighted by atomic mass is 32.1. The Labute approximate surface area is 95.4 Å². The molecule has 90 valence electrons. The predicted molar refractivity (Wildman–Crippen MR) is 56.0 cm³/mol.